The van der Waals surface area contributed by atoms with E-state index >= 15 is 0 Å². The van der Waals surface area contributed by atoms with Crippen molar-refractivity contribution in [2.75, 3.05) is 23.3 Å². The van der Waals surface area contributed by atoms with Crippen LogP contribution in [-0.2, 0) is 11.2 Å². The summed E-state index contributed by atoms with van der Waals surface area (Å²) in [5.41, 5.74) is 5.42. The van der Waals surface area contributed by atoms with Crippen LogP contribution in [0.4, 0.5) is 15.2 Å². The molecule has 0 saturated carbocycles. The Morgan fingerprint density at radius 1 is 1.24 bits per heavy atom. The molecule has 4 aromatic rings. The SMILES string of the molecule is CCc1cccc(C)c1NC(=O)[C@H]1CCCN(c2nc3c(s2)c(C)nn3-c2cccc(F)c2)C1. The predicted molar refractivity (Wildman–Crippen MR) is 136 cm³/mol. The van der Waals surface area contributed by atoms with Gasteiger partial charge in [0.2, 0.25) is 5.91 Å². The van der Waals surface area contributed by atoms with E-state index in [-0.39, 0.29) is 17.6 Å². The van der Waals surface area contributed by atoms with Crippen molar-refractivity contribution in [2.45, 2.75) is 40.0 Å². The van der Waals surface area contributed by atoms with Gasteiger partial charge in [0.15, 0.2) is 10.8 Å². The van der Waals surface area contributed by atoms with Crippen molar-refractivity contribution in [3.05, 3.63) is 65.1 Å². The summed E-state index contributed by atoms with van der Waals surface area (Å²) in [6, 6.07) is 12.5. The number of para-hydroxylation sites is 1. The second-order valence-electron chi connectivity index (χ2n) is 8.86. The summed E-state index contributed by atoms with van der Waals surface area (Å²) >= 11 is 1.58. The largest absolute Gasteiger partial charge is 0.347 e. The number of aromatic nitrogens is 3. The molecule has 8 heteroatoms. The number of anilines is 2. The number of carbonyl (C=O) groups is 1. The van der Waals surface area contributed by atoms with Gasteiger partial charge in [-0.3, -0.25) is 4.79 Å². The number of nitrogens with zero attached hydrogens (tertiary/aromatic N) is 4. The average molecular weight is 478 g/mol. The van der Waals surface area contributed by atoms with Crippen LogP contribution in [0.1, 0.15) is 36.6 Å². The van der Waals surface area contributed by atoms with Crippen molar-refractivity contribution in [2.24, 2.45) is 5.92 Å². The number of carbonyl (C=O) groups excluding carboxylic acids is 1. The van der Waals surface area contributed by atoms with Crippen LogP contribution in [0.5, 0.6) is 0 Å². The van der Waals surface area contributed by atoms with Gasteiger partial charge in [-0.25, -0.2) is 9.07 Å². The number of rotatable bonds is 5. The first-order valence-corrected chi connectivity index (χ1v) is 12.5. The number of amides is 1. The fraction of sp³-hybridized carbons (Fsp3) is 0.346. The molecule has 1 saturated heterocycles. The van der Waals surface area contributed by atoms with Crippen molar-refractivity contribution >= 4 is 38.4 Å². The van der Waals surface area contributed by atoms with Crippen LogP contribution >= 0.6 is 11.3 Å². The first-order valence-electron chi connectivity index (χ1n) is 11.7. The highest BCUT2D eigenvalue weighted by Gasteiger charge is 2.29. The number of aryl methyl sites for hydroxylation is 3. The minimum Gasteiger partial charge on any atom is -0.347 e. The Morgan fingerprint density at radius 3 is 2.85 bits per heavy atom. The number of hydrogen-bond acceptors (Lipinski definition) is 5. The zero-order valence-electron chi connectivity index (χ0n) is 19.6. The van der Waals surface area contributed by atoms with Crippen molar-refractivity contribution in [3.63, 3.8) is 0 Å². The summed E-state index contributed by atoms with van der Waals surface area (Å²) < 4.78 is 16.5. The van der Waals surface area contributed by atoms with E-state index in [9.17, 15) is 9.18 Å². The molecule has 6 nitrogen and oxygen atoms in total. The van der Waals surface area contributed by atoms with Crippen LogP contribution in [-0.4, -0.2) is 33.8 Å². The maximum absolute atomic E-state index is 13.8. The highest BCUT2D eigenvalue weighted by atomic mass is 32.1. The molecular weight excluding hydrogens is 449 g/mol. The molecule has 1 atom stereocenters. The standard InChI is InChI=1S/C26H28FN5OS/c1-4-18-9-5-8-16(2)22(18)28-25(33)19-10-7-13-31(15-19)26-29-24-23(34-26)17(3)30-32(24)21-12-6-11-20(27)14-21/h5-6,8-9,11-12,14,19H,4,7,10,13,15H2,1-3H3,(H,28,33)/t19-/m0/s1. The number of piperidine rings is 1. The molecule has 1 fully saturated rings. The first-order chi connectivity index (χ1) is 16.4. The van der Waals surface area contributed by atoms with Gasteiger partial charge in [0.1, 0.15) is 5.82 Å². The molecule has 1 aliphatic heterocycles. The van der Waals surface area contributed by atoms with Gasteiger partial charge in [0.25, 0.3) is 0 Å². The molecule has 3 heterocycles. The van der Waals surface area contributed by atoms with E-state index in [0.29, 0.717) is 12.2 Å². The molecule has 0 unspecified atom stereocenters. The third kappa shape index (κ3) is 4.18. The minimum absolute atomic E-state index is 0.0666. The molecule has 34 heavy (non-hydrogen) atoms. The number of fused-ring (bicyclic) bond motifs is 1. The fourth-order valence-electron chi connectivity index (χ4n) is 4.64. The van der Waals surface area contributed by atoms with Gasteiger partial charge in [-0.1, -0.05) is 42.5 Å². The Kier molecular flexibility index (Phi) is 6.08. The second kappa shape index (κ2) is 9.18. The Balaban J connectivity index is 1.38. The fourth-order valence-corrected chi connectivity index (χ4v) is 5.66. The van der Waals surface area contributed by atoms with Crippen molar-refractivity contribution in [3.8, 4) is 5.69 Å². The number of nitrogens with one attached hydrogen (secondary N) is 1. The molecule has 0 bridgehead atoms. The lowest BCUT2D eigenvalue weighted by molar-refractivity contribution is -0.120. The third-order valence-corrected chi connectivity index (χ3v) is 7.70. The summed E-state index contributed by atoms with van der Waals surface area (Å²) in [5.74, 6) is -0.346. The van der Waals surface area contributed by atoms with Crippen molar-refractivity contribution in [1.29, 1.82) is 0 Å². The van der Waals surface area contributed by atoms with Crippen LogP contribution in [0.3, 0.4) is 0 Å². The van der Waals surface area contributed by atoms with E-state index in [2.05, 4.69) is 28.3 Å². The summed E-state index contributed by atoms with van der Waals surface area (Å²) in [5, 5.41) is 8.66. The van der Waals surface area contributed by atoms with E-state index in [1.54, 1.807) is 22.1 Å². The molecule has 2 aromatic heterocycles. The molecule has 5 rings (SSSR count). The van der Waals surface area contributed by atoms with E-state index in [0.717, 1.165) is 63.8 Å². The summed E-state index contributed by atoms with van der Waals surface area (Å²) in [7, 11) is 0. The maximum atomic E-state index is 13.8. The third-order valence-electron chi connectivity index (χ3n) is 6.48. The van der Waals surface area contributed by atoms with Gasteiger partial charge < -0.3 is 10.2 Å². The van der Waals surface area contributed by atoms with Crippen LogP contribution in [0.25, 0.3) is 16.0 Å². The summed E-state index contributed by atoms with van der Waals surface area (Å²) in [6.45, 7) is 7.57. The normalized spacial score (nSPS) is 16.2. The molecule has 0 aliphatic carbocycles. The highest BCUT2D eigenvalue weighted by molar-refractivity contribution is 7.22. The van der Waals surface area contributed by atoms with Gasteiger partial charge in [-0.15, -0.1) is 0 Å². The zero-order valence-corrected chi connectivity index (χ0v) is 20.5. The molecule has 1 amide bonds. The van der Waals surface area contributed by atoms with Crippen LogP contribution in [0.15, 0.2) is 42.5 Å². The monoisotopic (exact) mass is 477 g/mol. The lowest BCUT2D eigenvalue weighted by atomic mass is 9.96. The molecule has 176 valence electrons. The molecular formula is C26H28FN5OS. The van der Waals surface area contributed by atoms with Gasteiger partial charge >= 0.3 is 0 Å². The van der Waals surface area contributed by atoms with Crippen molar-refractivity contribution < 1.29 is 9.18 Å². The second-order valence-corrected chi connectivity index (χ2v) is 9.84. The Morgan fingerprint density at radius 2 is 2.06 bits per heavy atom. The molecule has 2 aromatic carbocycles. The smallest absolute Gasteiger partial charge is 0.229 e. The lowest BCUT2D eigenvalue weighted by Gasteiger charge is -2.32. The lowest BCUT2D eigenvalue weighted by Crippen LogP contribution is -2.40. The predicted octanol–water partition coefficient (Wildman–Crippen LogP) is 5.66. The van der Waals surface area contributed by atoms with E-state index in [4.69, 9.17) is 4.98 Å². The van der Waals surface area contributed by atoms with E-state index in [1.165, 1.54) is 12.1 Å². The first kappa shape index (κ1) is 22.5. The molecule has 0 radical (unpaired) electrons. The Hall–Kier alpha value is -3.26. The maximum Gasteiger partial charge on any atom is 0.229 e. The van der Waals surface area contributed by atoms with Gasteiger partial charge in [-0.05, 0) is 62.4 Å². The van der Waals surface area contributed by atoms with Gasteiger partial charge in [0.05, 0.1) is 22.0 Å². The van der Waals surface area contributed by atoms with Gasteiger partial charge in [0, 0.05) is 18.8 Å². The average Bonchev–Trinajstić information content (AvgIpc) is 3.41. The summed E-state index contributed by atoms with van der Waals surface area (Å²) in [4.78, 5) is 20.3. The highest BCUT2D eigenvalue weighted by Crippen LogP contribution is 2.35. The van der Waals surface area contributed by atoms with Crippen LogP contribution in [0, 0.1) is 25.6 Å². The number of thiazole rings is 1. The van der Waals surface area contributed by atoms with E-state index in [1.807, 2.05) is 32.0 Å². The molecule has 1 N–H and O–H groups in total. The quantitative estimate of drug-likeness (QED) is 0.403. The van der Waals surface area contributed by atoms with Gasteiger partial charge in [-0.2, -0.15) is 10.1 Å². The Labute approximate surface area is 202 Å². The number of benzene rings is 2. The molecule has 0 spiro atoms. The minimum atomic E-state index is -0.306. The summed E-state index contributed by atoms with van der Waals surface area (Å²) in [6.07, 6.45) is 2.66. The van der Waals surface area contributed by atoms with Crippen LogP contribution < -0.4 is 10.2 Å². The number of hydrogen-bond donors (Lipinski definition) is 1. The topological polar surface area (TPSA) is 63.1 Å². The number of halogens is 1. The van der Waals surface area contributed by atoms with Crippen LogP contribution in [0.2, 0.25) is 0 Å². The zero-order chi connectivity index (χ0) is 23.8. The van der Waals surface area contributed by atoms with E-state index < -0.39 is 0 Å². The van der Waals surface area contributed by atoms with Crippen molar-refractivity contribution in [1.82, 2.24) is 14.8 Å². The molecule has 1 aliphatic rings. The Bertz CT molecular complexity index is 1360.